The number of carbonyl (C=O) groups excluding carboxylic acids is 1. The van der Waals surface area contributed by atoms with Gasteiger partial charge in [0.05, 0.1) is 0 Å². The maximum Gasteiger partial charge on any atom is 0.279 e. The average Bonchev–Trinajstić information content (AvgIpc) is 2.89. The van der Waals surface area contributed by atoms with Crippen molar-refractivity contribution in [3.63, 3.8) is 0 Å². The van der Waals surface area contributed by atoms with Gasteiger partial charge < -0.3 is 0 Å². The number of Topliss-reactive ketones (excluding diaryl/α,β-unsaturated/α-hetero) is 1. The highest BCUT2D eigenvalue weighted by Crippen LogP contribution is 2.59. The highest BCUT2D eigenvalue weighted by molar-refractivity contribution is 5.87. The number of halogens is 3. The van der Waals surface area contributed by atoms with Crippen LogP contribution in [0.15, 0.2) is 18.2 Å². The molecule has 0 aromatic heterocycles. The third kappa shape index (κ3) is 2.72. The molecule has 2 saturated carbocycles. The molecule has 4 atom stereocenters. The monoisotopic (exact) mass is 350 g/mol. The summed E-state index contributed by atoms with van der Waals surface area (Å²) in [6.07, 6.45) is 5.07. The number of carbonyl (C=O) groups is 1. The van der Waals surface area contributed by atoms with Crippen LogP contribution in [0.4, 0.5) is 13.2 Å². The Morgan fingerprint density at radius 3 is 2.76 bits per heavy atom. The van der Waals surface area contributed by atoms with E-state index in [0.717, 1.165) is 37.7 Å². The van der Waals surface area contributed by atoms with Gasteiger partial charge in [-0.25, -0.2) is 13.2 Å². The molecule has 1 nitrogen and oxygen atoms in total. The maximum atomic E-state index is 13.4. The quantitative estimate of drug-likeness (QED) is 0.727. The summed E-state index contributed by atoms with van der Waals surface area (Å²) in [6, 6.07) is 5.61. The van der Waals surface area contributed by atoms with Gasteiger partial charge in [-0.05, 0) is 66.5 Å². The molecule has 0 unspecified atom stereocenters. The van der Waals surface area contributed by atoms with Crippen LogP contribution in [-0.4, -0.2) is 18.4 Å². The van der Waals surface area contributed by atoms with Crippen LogP contribution in [0.5, 0.6) is 0 Å². The molecule has 1 aromatic carbocycles. The minimum atomic E-state index is -3.28. The Morgan fingerprint density at radius 2 is 2.00 bits per heavy atom. The van der Waals surface area contributed by atoms with Crippen LogP contribution in [-0.2, 0) is 17.6 Å². The van der Waals surface area contributed by atoms with Gasteiger partial charge in [0.25, 0.3) is 5.92 Å². The topological polar surface area (TPSA) is 17.1 Å². The zero-order valence-corrected chi connectivity index (χ0v) is 14.7. The largest absolute Gasteiger partial charge is 0.299 e. The van der Waals surface area contributed by atoms with Gasteiger partial charge in [0, 0.05) is 18.3 Å². The number of rotatable bonds is 3. The molecule has 0 bridgehead atoms. The van der Waals surface area contributed by atoms with Gasteiger partial charge >= 0.3 is 0 Å². The van der Waals surface area contributed by atoms with E-state index in [1.54, 1.807) is 6.07 Å². The fourth-order valence-electron chi connectivity index (χ4n) is 5.86. The summed E-state index contributed by atoms with van der Waals surface area (Å²) < 4.78 is 39.1. The molecule has 0 radical (unpaired) electrons. The van der Waals surface area contributed by atoms with Crippen LogP contribution < -0.4 is 0 Å². The number of hydrogen-bond donors (Lipinski definition) is 0. The second kappa shape index (κ2) is 5.85. The van der Waals surface area contributed by atoms with Crippen LogP contribution in [0.1, 0.15) is 61.6 Å². The molecule has 0 saturated heterocycles. The molecule has 4 rings (SSSR count). The molecule has 25 heavy (non-hydrogen) atoms. The molecule has 0 amide bonds. The molecule has 0 heterocycles. The predicted octanol–water partition coefficient (Wildman–Crippen LogP) is 5.26. The van der Waals surface area contributed by atoms with Gasteiger partial charge in [-0.2, -0.15) is 0 Å². The first-order valence-corrected chi connectivity index (χ1v) is 9.43. The second-order valence-corrected chi connectivity index (χ2v) is 8.53. The van der Waals surface area contributed by atoms with Gasteiger partial charge in [-0.3, -0.25) is 4.79 Å². The molecule has 1 aromatic rings. The van der Waals surface area contributed by atoms with Crippen LogP contribution in [0, 0.1) is 17.3 Å². The molecular formula is C21H25F3O. The number of alkyl halides is 3. The van der Waals surface area contributed by atoms with Gasteiger partial charge in [-0.1, -0.05) is 25.1 Å². The van der Waals surface area contributed by atoms with E-state index in [-0.39, 0.29) is 5.41 Å². The van der Waals surface area contributed by atoms with E-state index in [1.165, 1.54) is 5.56 Å². The van der Waals surface area contributed by atoms with Gasteiger partial charge in [0.1, 0.15) is 5.78 Å². The van der Waals surface area contributed by atoms with E-state index in [2.05, 4.69) is 6.92 Å². The Kier molecular flexibility index (Phi) is 4.01. The van der Waals surface area contributed by atoms with Crippen LogP contribution in [0.25, 0.3) is 0 Å². The Bertz CT molecular complexity index is 698. The molecule has 4 heteroatoms. The summed E-state index contributed by atoms with van der Waals surface area (Å²) in [7, 11) is 0. The first-order chi connectivity index (χ1) is 11.8. The lowest BCUT2D eigenvalue weighted by molar-refractivity contribution is -0.129. The van der Waals surface area contributed by atoms with Crippen molar-refractivity contribution in [2.24, 2.45) is 17.3 Å². The summed E-state index contributed by atoms with van der Waals surface area (Å²) >= 11 is 0. The van der Waals surface area contributed by atoms with Crippen molar-refractivity contribution in [2.75, 3.05) is 6.67 Å². The Hall–Kier alpha value is -1.32. The fourth-order valence-corrected chi connectivity index (χ4v) is 5.86. The smallest absolute Gasteiger partial charge is 0.279 e. The average molecular weight is 350 g/mol. The lowest BCUT2D eigenvalue weighted by Gasteiger charge is -2.48. The van der Waals surface area contributed by atoms with Crippen molar-refractivity contribution in [2.45, 2.75) is 63.7 Å². The molecule has 2 fully saturated rings. The highest BCUT2D eigenvalue weighted by atomic mass is 19.3. The summed E-state index contributed by atoms with van der Waals surface area (Å²) in [4.78, 5) is 12.4. The maximum absolute atomic E-state index is 13.4. The number of hydrogen-bond acceptors (Lipinski definition) is 1. The van der Waals surface area contributed by atoms with E-state index < -0.39 is 19.0 Å². The molecule has 3 aliphatic carbocycles. The van der Waals surface area contributed by atoms with Crippen molar-refractivity contribution >= 4 is 5.78 Å². The molecule has 3 aliphatic rings. The molecule has 136 valence electrons. The van der Waals surface area contributed by atoms with Gasteiger partial charge in [0.2, 0.25) is 0 Å². The van der Waals surface area contributed by atoms with Crippen LogP contribution >= 0.6 is 0 Å². The normalized spacial score (nSPS) is 34.4. The highest BCUT2D eigenvalue weighted by Gasteiger charge is 2.54. The SMILES string of the molecule is C[C@]12CC[C@@H]3c4ccc(CC(F)(F)CF)cc4CC[C@H]3[C@@H]1CCC2=O. The minimum absolute atomic E-state index is 0.137. The summed E-state index contributed by atoms with van der Waals surface area (Å²) in [5, 5.41) is 0. The summed E-state index contributed by atoms with van der Waals surface area (Å²) in [5.74, 6) is -1.38. The van der Waals surface area contributed by atoms with E-state index in [4.69, 9.17) is 0 Å². The molecular weight excluding hydrogens is 325 g/mol. The van der Waals surface area contributed by atoms with E-state index in [9.17, 15) is 18.0 Å². The van der Waals surface area contributed by atoms with Crippen molar-refractivity contribution in [1.82, 2.24) is 0 Å². The van der Waals surface area contributed by atoms with Crippen molar-refractivity contribution < 1.29 is 18.0 Å². The summed E-state index contributed by atoms with van der Waals surface area (Å²) in [5.41, 5.74) is 2.82. The lowest BCUT2D eigenvalue weighted by atomic mass is 9.55. The van der Waals surface area contributed by atoms with Gasteiger partial charge in [-0.15, -0.1) is 0 Å². The van der Waals surface area contributed by atoms with E-state index in [1.807, 2.05) is 12.1 Å². The standard InChI is InChI=1S/C21H25F3O/c1-20-9-8-16-15-4-2-13(11-21(23,24)12-22)10-14(15)3-5-17(16)18(20)6-7-19(20)25/h2,4,10,16-18H,3,5-9,11-12H2,1H3/t16-,17-,18+,20+/m1/s1. The molecule has 0 spiro atoms. The fraction of sp³-hybridized carbons (Fsp3) is 0.667. The molecule has 0 N–H and O–H groups in total. The molecule has 0 aliphatic heterocycles. The Labute approximate surface area is 147 Å². The number of fused-ring (bicyclic) bond motifs is 5. The summed E-state index contributed by atoms with van der Waals surface area (Å²) in [6.45, 7) is 0.546. The third-order valence-electron chi connectivity index (χ3n) is 7.16. The zero-order chi connectivity index (χ0) is 17.8. The van der Waals surface area contributed by atoms with Crippen LogP contribution in [0.2, 0.25) is 0 Å². The first-order valence-electron chi connectivity index (χ1n) is 9.43. The first kappa shape index (κ1) is 17.1. The second-order valence-electron chi connectivity index (χ2n) is 8.53. The van der Waals surface area contributed by atoms with E-state index in [0.29, 0.717) is 35.5 Å². The number of aryl methyl sites for hydroxylation is 1. The Balaban J connectivity index is 1.60. The van der Waals surface area contributed by atoms with Crippen molar-refractivity contribution in [1.29, 1.82) is 0 Å². The number of benzene rings is 1. The van der Waals surface area contributed by atoms with Crippen molar-refractivity contribution in [3.8, 4) is 0 Å². The predicted molar refractivity (Wildman–Crippen MR) is 90.7 cm³/mol. The van der Waals surface area contributed by atoms with E-state index >= 15 is 0 Å². The lowest BCUT2D eigenvalue weighted by Crippen LogP contribution is -2.42. The van der Waals surface area contributed by atoms with Crippen molar-refractivity contribution in [3.05, 3.63) is 34.9 Å². The number of ketones is 1. The zero-order valence-electron chi connectivity index (χ0n) is 14.7. The third-order valence-corrected chi connectivity index (χ3v) is 7.16. The van der Waals surface area contributed by atoms with Crippen LogP contribution in [0.3, 0.4) is 0 Å². The minimum Gasteiger partial charge on any atom is -0.299 e. The Morgan fingerprint density at radius 1 is 1.20 bits per heavy atom. The van der Waals surface area contributed by atoms with Gasteiger partial charge in [0.15, 0.2) is 6.67 Å².